The fourth-order valence-corrected chi connectivity index (χ4v) is 2.50. The SMILES string of the molecule is O=C(O)c1ccc(NCCCN2CCCC2)c([N+](=O)[O-])c1. The van der Waals surface area contributed by atoms with Gasteiger partial charge in [0.15, 0.2) is 0 Å². The van der Waals surface area contributed by atoms with Gasteiger partial charge in [-0.2, -0.15) is 0 Å². The molecule has 1 aliphatic rings. The third kappa shape index (κ3) is 4.16. The summed E-state index contributed by atoms with van der Waals surface area (Å²) in [6, 6.07) is 3.92. The molecule has 7 nitrogen and oxygen atoms in total. The van der Waals surface area contributed by atoms with Crippen LogP contribution in [-0.4, -0.2) is 47.1 Å². The molecule has 1 aliphatic heterocycles. The van der Waals surface area contributed by atoms with Crippen molar-refractivity contribution in [2.45, 2.75) is 19.3 Å². The van der Waals surface area contributed by atoms with Crippen LogP contribution >= 0.6 is 0 Å². The summed E-state index contributed by atoms with van der Waals surface area (Å²) in [5, 5.41) is 22.9. The van der Waals surface area contributed by atoms with Gasteiger partial charge in [0.05, 0.1) is 10.5 Å². The van der Waals surface area contributed by atoms with Crippen molar-refractivity contribution in [3.05, 3.63) is 33.9 Å². The van der Waals surface area contributed by atoms with Crippen LogP contribution in [0, 0.1) is 10.1 Å². The van der Waals surface area contributed by atoms with Gasteiger partial charge in [0, 0.05) is 12.6 Å². The molecule has 2 N–H and O–H groups in total. The summed E-state index contributed by atoms with van der Waals surface area (Å²) >= 11 is 0. The van der Waals surface area contributed by atoms with Crippen LogP contribution in [0.2, 0.25) is 0 Å². The Kier molecular flexibility index (Phi) is 5.10. The van der Waals surface area contributed by atoms with Gasteiger partial charge in [0.2, 0.25) is 0 Å². The van der Waals surface area contributed by atoms with Gasteiger partial charge >= 0.3 is 5.97 Å². The number of aromatic carboxylic acids is 1. The lowest BCUT2D eigenvalue weighted by Crippen LogP contribution is -2.22. The molecule has 1 fully saturated rings. The fourth-order valence-electron chi connectivity index (χ4n) is 2.50. The number of carboxylic acid groups (broad SMARTS) is 1. The van der Waals surface area contributed by atoms with Gasteiger partial charge in [-0.15, -0.1) is 0 Å². The van der Waals surface area contributed by atoms with E-state index in [-0.39, 0.29) is 11.3 Å². The molecule has 0 saturated carbocycles. The lowest BCUT2D eigenvalue weighted by atomic mass is 10.1. The highest BCUT2D eigenvalue weighted by Crippen LogP contribution is 2.25. The normalized spacial score (nSPS) is 15.0. The third-order valence-electron chi connectivity index (χ3n) is 3.61. The van der Waals surface area contributed by atoms with Gasteiger partial charge in [0.1, 0.15) is 5.69 Å². The molecular weight excluding hydrogens is 274 g/mol. The zero-order valence-electron chi connectivity index (χ0n) is 11.7. The van der Waals surface area contributed by atoms with Gasteiger partial charge < -0.3 is 15.3 Å². The lowest BCUT2D eigenvalue weighted by molar-refractivity contribution is -0.384. The van der Waals surface area contributed by atoms with Crippen molar-refractivity contribution >= 4 is 17.3 Å². The highest BCUT2D eigenvalue weighted by Gasteiger charge is 2.17. The van der Waals surface area contributed by atoms with Crippen molar-refractivity contribution in [2.75, 3.05) is 31.5 Å². The molecular formula is C14H19N3O4. The number of nitro benzene ring substituents is 1. The van der Waals surface area contributed by atoms with Crippen molar-refractivity contribution in [3.8, 4) is 0 Å². The maximum atomic E-state index is 11.0. The number of likely N-dealkylation sites (tertiary alicyclic amines) is 1. The molecule has 0 amide bonds. The van der Waals surface area contributed by atoms with E-state index in [1.54, 1.807) is 0 Å². The van der Waals surface area contributed by atoms with Crippen molar-refractivity contribution in [3.63, 3.8) is 0 Å². The molecule has 1 heterocycles. The highest BCUT2D eigenvalue weighted by atomic mass is 16.6. The Bertz CT molecular complexity index is 527. The number of benzene rings is 1. The smallest absolute Gasteiger partial charge is 0.335 e. The van der Waals surface area contributed by atoms with E-state index in [9.17, 15) is 14.9 Å². The number of anilines is 1. The minimum Gasteiger partial charge on any atom is -0.478 e. The van der Waals surface area contributed by atoms with E-state index in [2.05, 4.69) is 10.2 Å². The van der Waals surface area contributed by atoms with Gasteiger partial charge in [0.25, 0.3) is 5.69 Å². The maximum absolute atomic E-state index is 11.0. The van der Waals surface area contributed by atoms with Crippen LogP contribution < -0.4 is 5.32 Å². The van der Waals surface area contributed by atoms with Crippen molar-refractivity contribution in [1.29, 1.82) is 0 Å². The summed E-state index contributed by atoms with van der Waals surface area (Å²) in [4.78, 5) is 23.7. The number of hydrogen-bond donors (Lipinski definition) is 2. The van der Waals surface area contributed by atoms with Crippen LogP contribution in [0.5, 0.6) is 0 Å². The average molecular weight is 293 g/mol. The Morgan fingerprint density at radius 1 is 1.38 bits per heavy atom. The van der Waals surface area contributed by atoms with Crippen molar-refractivity contribution in [2.24, 2.45) is 0 Å². The van der Waals surface area contributed by atoms with E-state index in [0.717, 1.165) is 32.1 Å². The summed E-state index contributed by atoms with van der Waals surface area (Å²) in [5.41, 5.74) is 0.0896. The van der Waals surface area contributed by atoms with E-state index in [1.807, 2.05) is 0 Å². The van der Waals surface area contributed by atoms with E-state index in [4.69, 9.17) is 5.11 Å². The van der Waals surface area contributed by atoms with E-state index in [0.29, 0.717) is 12.2 Å². The summed E-state index contributed by atoms with van der Waals surface area (Å²) in [7, 11) is 0. The standard InChI is InChI=1S/C14H19N3O4/c18-14(19)11-4-5-12(13(10-11)17(20)21)15-6-3-9-16-7-1-2-8-16/h4-5,10,15H,1-3,6-9H2,(H,18,19). The van der Waals surface area contributed by atoms with Gasteiger partial charge in [-0.05, 0) is 51.0 Å². The van der Waals surface area contributed by atoms with Crippen molar-refractivity contribution in [1.82, 2.24) is 4.90 Å². The average Bonchev–Trinajstić information content (AvgIpc) is 2.96. The monoisotopic (exact) mass is 293 g/mol. The molecule has 7 heteroatoms. The molecule has 0 unspecified atom stereocenters. The minimum atomic E-state index is -1.17. The second-order valence-electron chi connectivity index (χ2n) is 5.12. The third-order valence-corrected chi connectivity index (χ3v) is 3.61. The van der Waals surface area contributed by atoms with Crippen LogP contribution in [0.25, 0.3) is 0 Å². The second-order valence-corrected chi connectivity index (χ2v) is 5.12. The number of carboxylic acids is 1. The Morgan fingerprint density at radius 3 is 2.71 bits per heavy atom. The molecule has 0 radical (unpaired) electrons. The number of rotatable bonds is 7. The molecule has 0 bridgehead atoms. The molecule has 0 spiro atoms. The van der Waals surface area contributed by atoms with Crippen LogP contribution in [0.4, 0.5) is 11.4 Å². The molecule has 1 aromatic rings. The Hall–Kier alpha value is -2.15. The molecule has 0 aromatic heterocycles. The van der Waals surface area contributed by atoms with E-state index in [1.165, 1.54) is 25.0 Å². The summed E-state index contributed by atoms with van der Waals surface area (Å²) in [6.45, 7) is 3.87. The molecule has 0 atom stereocenters. The quantitative estimate of drug-likeness (QED) is 0.454. The van der Waals surface area contributed by atoms with Gasteiger partial charge in [-0.1, -0.05) is 0 Å². The molecule has 2 rings (SSSR count). The lowest BCUT2D eigenvalue weighted by Gasteiger charge is -2.14. The van der Waals surface area contributed by atoms with Crippen LogP contribution in [-0.2, 0) is 0 Å². The predicted octanol–water partition coefficient (Wildman–Crippen LogP) is 2.19. The fraction of sp³-hybridized carbons (Fsp3) is 0.500. The first kappa shape index (κ1) is 15.2. The molecule has 1 aromatic carbocycles. The zero-order chi connectivity index (χ0) is 15.2. The largest absolute Gasteiger partial charge is 0.478 e. The van der Waals surface area contributed by atoms with Crippen LogP contribution in [0.15, 0.2) is 18.2 Å². The second kappa shape index (κ2) is 7.03. The summed E-state index contributed by atoms with van der Waals surface area (Å²) in [5.74, 6) is -1.17. The molecule has 114 valence electrons. The summed E-state index contributed by atoms with van der Waals surface area (Å²) < 4.78 is 0. The van der Waals surface area contributed by atoms with Gasteiger partial charge in [-0.25, -0.2) is 4.79 Å². The van der Waals surface area contributed by atoms with Crippen LogP contribution in [0.3, 0.4) is 0 Å². The van der Waals surface area contributed by atoms with E-state index < -0.39 is 10.9 Å². The number of nitrogens with one attached hydrogen (secondary N) is 1. The maximum Gasteiger partial charge on any atom is 0.335 e. The first-order valence-corrected chi connectivity index (χ1v) is 7.06. The van der Waals surface area contributed by atoms with E-state index >= 15 is 0 Å². The van der Waals surface area contributed by atoms with Gasteiger partial charge in [-0.3, -0.25) is 10.1 Å². The number of nitro groups is 1. The number of nitrogens with zero attached hydrogens (tertiary/aromatic N) is 2. The zero-order valence-corrected chi connectivity index (χ0v) is 11.7. The Balaban J connectivity index is 1.92. The molecule has 21 heavy (non-hydrogen) atoms. The van der Waals surface area contributed by atoms with Crippen LogP contribution in [0.1, 0.15) is 29.6 Å². The highest BCUT2D eigenvalue weighted by molar-refractivity contribution is 5.89. The molecule has 1 saturated heterocycles. The summed E-state index contributed by atoms with van der Waals surface area (Å²) in [6.07, 6.45) is 3.39. The van der Waals surface area contributed by atoms with Crippen molar-refractivity contribution < 1.29 is 14.8 Å². The molecule has 0 aliphatic carbocycles. The number of hydrogen-bond acceptors (Lipinski definition) is 5. The topological polar surface area (TPSA) is 95.7 Å². The number of carbonyl (C=O) groups is 1. The Labute approximate surface area is 122 Å². The minimum absolute atomic E-state index is 0.0793. The predicted molar refractivity (Wildman–Crippen MR) is 78.8 cm³/mol. The first-order valence-electron chi connectivity index (χ1n) is 7.06. The first-order chi connectivity index (χ1) is 10.1. The Morgan fingerprint density at radius 2 is 2.10 bits per heavy atom.